The highest BCUT2D eigenvalue weighted by Gasteiger charge is 2.23. The normalized spacial score (nSPS) is 12.4. The lowest BCUT2D eigenvalue weighted by molar-refractivity contribution is 0.0929. The van der Waals surface area contributed by atoms with Crippen molar-refractivity contribution in [3.63, 3.8) is 0 Å². The Kier molecular flexibility index (Phi) is 6.56. The average molecular weight is 362 g/mol. The van der Waals surface area contributed by atoms with E-state index in [-0.39, 0.29) is 17.7 Å². The SMILES string of the molecule is CCN(CC)[C@@H](CNC(=O)c1[nH]c(C)c(C(C)=O)c1C)c1ccsc1. The highest BCUT2D eigenvalue weighted by molar-refractivity contribution is 7.07. The molecule has 5 nitrogen and oxygen atoms in total. The number of amides is 1. The molecule has 2 aromatic rings. The lowest BCUT2D eigenvalue weighted by atomic mass is 10.1. The van der Waals surface area contributed by atoms with Gasteiger partial charge in [0, 0.05) is 17.8 Å². The zero-order chi connectivity index (χ0) is 18.6. The number of carbonyl (C=O) groups excluding carboxylic acids is 2. The fourth-order valence-corrected chi connectivity index (χ4v) is 4.08. The Labute approximate surface area is 153 Å². The van der Waals surface area contributed by atoms with E-state index in [4.69, 9.17) is 0 Å². The maximum absolute atomic E-state index is 12.7. The molecule has 0 bridgehead atoms. The second-order valence-electron chi connectivity index (χ2n) is 6.18. The van der Waals surface area contributed by atoms with Gasteiger partial charge >= 0.3 is 0 Å². The fourth-order valence-electron chi connectivity index (χ4n) is 3.37. The summed E-state index contributed by atoms with van der Waals surface area (Å²) in [5, 5.41) is 7.23. The lowest BCUT2D eigenvalue weighted by Crippen LogP contribution is -2.38. The predicted octanol–water partition coefficient (Wildman–Crippen LogP) is 3.71. The summed E-state index contributed by atoms with van der Waals surface area (Å²) in [6, 6.07) is 2.26. The molecule has 6 heteroatoms. The Morgan fingerprint density at radius 3 is 2.44 bits per heavy atom. The molecule has 0 saturated carbocycles. The quantitative estimate of drug-likeness (QED) is 0.705. The largest absolute Gasteiger partial charge is 0.354 e. The number of nitrogens with one attached hydrogen (secondary N) is 2. The van der Waals surface area contributed by atoms with Crippen molar-refractivity contribution in [1.82, 2.24) is 15.2 Å². The summed E-state index contributed by atoms with van der Waals surface area (Å²) < 4.78 is 0. The summed E-state index contributed by atoms with van der Waals surface area (Å²) in [6.45, 7) is 11.8. The molecular formula is C19H27N3O2S. The van der Waals surface area contributed by atoms with Gasteiger partial charge in [0.1, 0.15) is 5.69 Å². The van der Waals surface area contributed by atoms with Crippen LogP contribution >= 0.6 is 11.3 Å². The van der Waals surface area contributed by atoms with Crippen molar-refractivity contribution in [2.45, 2.75) is 40.7 Å². The van der Waals surface area contributed by atoms with Crippen molar-refractivity contribution in [2.75, 3.05) is 19.6 Å². The molecule has 0 aliphatic carbocycles. The Hall–Kier alpha value is -1.92. The molecule has 0 aromatic carbocycles. The summed E-state index contributed by atoms with van der Waals surface area (Å²) in [4.78, 5) is 29.8. The molecule has 2 aromatic heterocycles. The Morgan fingerprint density at radius 2 is 1.96 bits per heavy atom. The molecule has 2 heterocycles. The van der Waals surface area contributed by atoms with Crippen LogP contribution < -0.4 is 5.32 Å². The number of aryl methyl sites for hydroxylation is 1. The molecule has 0 aliphatic rings. The molecule has 25 heavy (non-hydrogen) atoms. The smallest absolute Gasteiger partial charge is 0.268 e. The third kappa shape index (κ3) is 4.19. The van der Waals surface area contributed by atoms with Crippen molar-refractivity contribution in [3.05, 3.63) is 44.9 Å². The van der Waals surface area contributed by atoms with Crippen LogP contribution in [0.3, 0.4) is 0 Å². The third-order valence-electron chi connectivity index (χ3n) is 4.65. The number of hydrogen-bond acceptors (Lipinski definition) is 4. The highest BCUT2D eigenvalue weighted by atomic mass is 32.1. The molecular weight excluding hydrogens is 334 g/mol. The Morgan fingerprint density at radius 1 is 1.28 bits per heavy atom. The van der Waals surface area contributed by atoms with Crippen molar-refractivity contribution in [1.29, 1.82) is 0 Å². The van der Waals surface area contributed by atoms with Crippen LogP contribution in [0.25, 0.3) is 0 Å². The molecule has 0 saturated heterocycles. The fraction of sp³-hybridized carbons (Fsp3) is 0.474. The van der Waals surface area contributed by atoms with Gasteiger partial charge in [-0.1, -0.05) is 13.8 Å². The minimum Gasteiger partial charge on any atom is -0.354 e. The first-order valence-corrected chi connectivity index (χ1v) is 9.59. The lowest BCUT2D eigenvalue weighted by Gasteiger charge is -2.29. The number of aromatic nitrogens is 1. The summed E-state index contributed by atoms with van der Waals surface area (Å²) in [5.74, 6) is -0.190. The first kappa shape index (κ1) is 19.4. The van der Waals surface area contributed by atoms with E-state index >= 15 is 0 Å². The van der Waals surface area contributed by atoms with Gasteiger partial charge in [-0.15, -0.1) is 0 Å². The van der Waals surface area contributed by atoms with Crippen molar-refractivity contribution in [2.24, 2.45) is 0 Å². The zero-order valence-corrected chi connectivity index (χ0v) is 16.4. The van der Waals surface area contributed by atoms with Crippen molar-refractivity contribution < 1.29 is 9.59 Å². The van der Waals surface area contributed by atoms with Crippen LogP contribution in [0.4, 0.5) is 0 Å². The van der Waals surface area contributed by atoms with Crippen LogP contribution in [-0.4, -0.2) is 41.2 Å². The van der Waals surface area contributed by atoms with E-state index in [0.717, 1.165) is 24.3 Å². The van der Waals surface area contributed by atoms with E-state index in [1.807, 2.05) is 13.8 Å². The molecule has 1 amide bonds. The number of rotatable bonds is 8. The maximum atomic E-state index is 12.7. The molecule has 1 atom stereocenters. The van der Waals surface area contributed by atoms with E-state index in [1.165, 1.54) is 12.5 Å². The highest BCUT2D eigenvalue weighted by Crippen LogP contribution is 2.23. The number of Topliss-reactive ketones (excluding diaryl/α,β-unsaturated/α-hetero) is 1. The second-order valence-corrected chi connectivity index (χ2v) is 6.96. The number of nitrogens with zero attached hydrogens (tertiary/aromatic N) is 1. The van der Waals surface area contributed by atoms with E-state index in [9.17, 15) is 9.59 Å². The summed E-state index contributed by atoms with van der Waals surface area (Å²) in [5.41, 5.74) is 3.78. The summed E-state index contributed by atoms with van der Waals surface area (Å²) in [7, 11) is 0. The minimum absolute atomic E-state index is 0.0235. The van der Waals surface area contributed by atoms with E-state index in [2.05, 4.69) is 45.9 Å². The summed E-state index contributed by atoms with van der Waals surface area (Å²) >= 11 is 1.66. The van der Waals surface area contributed by atoms with Gasteiger partial charge < -0.3 is 10.3 Å². The number of ketones is 1. The average Bonchev–Trinajstić information content (AvgIpc) is 3.19. The topological polar surface area (TPSA) is 65.2 Å². The summed E-state index contributed by atoms with van der Waals surface area (Å²) in [6.07, 6.45) is 0. The molecule has 0 unspecified atom stereocenters. The predicted molar refractivity (Wildman–Crippen MR) is 103 cm³/mol. The molecule has 136 valence electrons. The van der Waals surface area contributed by atoms with Crippen LogP contribution in [0.1, 0.15) is 64.5 Å². The zero-order valence-electron chi connectivity index (χ0n) is 15.6. The van der Waals surface area contributed by atoms with Gasteiger partial charge in [-0.2, -0.15) is 11.3 Å². The molecule has 0 aliphatic heterocycles. The molecule has 0 fully saturated rings. The van der Waals surface area contributed by atoms with Crippen LogP contribution in [0.5, 0.6) is 0 Å². The number of carbonyl (C=O) groups is 2. The van der Waals surface area contributed by atoms with Crippen LogP contribution in [0, 0.1) is 13.8 Å². The number of H-pyrrole nitrogens is 1. The van der Waals surface area contributed by atoms with Gasteiger partial charge in [0.15, 0.2) is 5.78 Å². The maximum Gasteiger partial charge on any atom is 0.268 e. The van der Waals surface area contributed by atoms with E-state index < -0.39 is 0 Å². The monoisotopic (exact) mass is 361 g/mol. The van der Waals surface area contributed by atoms with Crippen LogP contribution in [0.2, 0.25) is 0 Å². The number of hydrogen-bond donors (Lipinski definition) is 2. The van der Waals surface area contributed by atoms with E-state index in [1.54, 1.807) is 11.3 Å². The number of thiophene rings is 1. The van der Waals surface area contributed by atoms with Crippen LogP contribution in [0.15, 0.2) is 16.8 Å². The van der Waals surface area contributed by atoms with Gasteiger partial charge in [0.25, 0.3) is 5.91 Å². The second kappa shape index (κ2) is 8.45. The van der Waals surface area contributed by atoms with Gasteiger partial charge in [-0.3, -0.25) is 14.5 Å². The van der Waals surface area contributed by atoms with Gasteiger partial charge in [-0.25, -0.2) is 0 Å². The number of aromatic amines is 1. The molecule has 0 radical (unpaired) electrons. The van der Waals surface area contributed by atoms with Crippen molar-refractivity contribution >= 4 is 23.0 Å². The number of likely N-dealkylation sites (N-methyl/N-ethyl adjacent to an activating group) is 1. The van der Waals surface area contributed by atoms with Gasteiger partial charge in [0.05, 0.1) is 6.04 Å². The molecule has 0 spiro atoms. The van der Waals surface area contributed by atoms with E-state index in [0.29, 0.717) is 17.8 Å². The van der Waals surface area contributed by atoms with Gasteiger partial charge in [0.2, 0.25) is 0 Å². The molecule has 2 rings (SSSR count). The first-order chi connectivity index (χ1) is 11.9. The van der Waals surface area contributed by atoms with Crippen LogP contribution in [-0.2, 0) is 0 Å². The minimum atomic E-state index is -0.166. The Balaban J connectivity index is 2.17. The third-order valence-corrected chi connectivity index (χ3v) is 5.36. The van der Waals surface area contributed by atoms with Gasteiger partial charge in [-0.05, 0) is 61.8 Å². The first-order valence-electron chi connectivity index (χ1n) is 8.65. The standard InChI is InChI=1S/C19H27N3O2S/c1-6-22(7-2)16(15-8-9-25-11-15)10-20-19(24)18-12(3)17(14(5)23)13(4)21-18/h8-9,11,16,21H,6-7,10H2,1-5H3,(H,20,24)/t16-/m0/s1. The van der Waals surface area contributed by atoms with Crippen molar-refractivity contribution in [3.8, 4) is 0 Å². The molecule has 2 N–H and O–H groups in total. The Bertz CT molecular complexity index is 730.